The van der Waals surface area contributed by atoms with Gasteiger partial charge in [-0.25, -0.2) is 0 Å². The van der Waals surface area contributed by atoms with Gasteiger partial charge in [0, 0.05) is 11.8 Å². The van der Waals surface area contributed by atoms with E-state index in [1.165, 1.54) is 4.90 Å². The minimum absolute atomic E-state index is 0.0557. The zero-order valence-corrected chi connectivity index (χ0v) is 15.5. The molecule has 142 valence electrons. The third-order valence-corrected chi connectivity index (χ3v) is 4.76. The highest BCUT2D eigenvalue weighted by Crippen LogP contribution is 2.13. The summed E-state index contributed by atoms with van der Waals surface area (Å²) in [6.45, 7) is 4.62. The molecule has 27 heavy (non-hydrogen) atoms. The quantitative estimate of drug-likeness (QED) is 0.743. The number of benzene rings is 1. The number of nitrogens with one attached hydrogen (secondary N) is 2. The molecule has 0 atom stereocenters. The Morgan fingerprint density at radius 1 is 1.15 bits per heavy atom. The molecule has 1 aromatic heterocycles. The third-order valence-electron chi connectivity index (χ3n) is 4.76. The van der Waals surface area contributed by atoms with Crippen molar-refractivity contribution in [1.82, 2.24) is 15.2 Å². The molecule has 0 saturated carbocycles. The van der Waals surface area contributed by atoms with Crippen LogP contribution in [0.2, 0.25) is 0 Å². The van der Waals surface area contributed by atoms with Crippen LogP contribution in [-0.4, -0.2) is 68.1 Å². The Morgan fingerprint density at radius 3 is 2.52 bits per heavy atom. The lowest BCUT2D eigenvalue weighted by Crippen LogP contribution is -3.15. The fraction of sp³-hybridized carbons (Fsp3) is 0.350. The summed E-state index contributed by atoms with van der Waals surface area (Å²) in [7, 11) is 1.61. The first kappa shape index (κ1) is 18.8. The number of methoxy groups -OCH3 is 1. The van der Waals surface area contributed by atoms with Crippen LogP contribution in [0.3, 0.4) is 0 Å². The number of carbonyl (C=O) groups is 2. The summed E-state index contributed by atoms with van der Waals surface area (Å²) < 4.78 is 5.13. The molecule has 2 amide bonds. The summed E-state index contributed by atoms with van der Waals surface area (Å²) in [4.78, 5) is 31.9. The first-order valence-corrected chi connectivity index (χ1v) is 9.13. The predicted molar refractivity (Wildman–Crippen MR) is 101 cm³/mol. The SMILES string of the molecule is COc1ccc(C(=O)N2CC[NH+](CCNC(=O)c3ccccn3)CC2)cc1. The summed E-state index contributed by atoms with van der Waals surface area (Å²) in [5.74, 6) is 0.650. The van der Waals surface area contributed by atoms with Crippen molar-refractivity contribution in [1.29, 1.82) is 0 Å². The largest absolute Gasteiger partial charge is 0.497 e. The first-order valence-electron chi connectivity index (χ1n) is 9.13. The smallest absolute Gasteiger partial charge is 0.270 e. The Morgan fingerprint density at radius 2 is 1.89 bits per heavy atom. The molecule has 1 aromatic carbocycles. The van der Waals surface area contributed by atoms with Gasteiger partial charge in [0.1, 0.15) is 11.4 Å². The van der Waals surface area contributed by atoms with Gasteiger partial charge in [-0.2, -0.15) is 0 Å². The van der Waals surface area contributed by atoms with E-state index >= 15 is 0 Å². The van der Waals surface area contributed by atoms with Crippen molar-refractivity contribution in [3.63, 3.8) is 0 Å². The standard InChI is InChI=1S/C20H24N4O3/c1-27-17-7-5-16(6-8-17)20(26)24-14-12-23(13-15-24)11-10-22-19(25)18-4-2-3-9-21-18/h2-9H,10-15H2,1H3,(H,22,25)/p+1. The maximum Gasteiger partial charge on any atom is 0.270 e. The fourth-order valence-electron chi connectivity index (χ4n) is 3.13. The van der Waals surface area contributed by atoms with Crippen molar-refractivity contribution in [2.75, 3.05) is 46.4 Å². The molecule has 3 rings (SSSR count). The van der Waals surface area contributed by atoms with Crippen LogP contribution in [0.1, 0.15) is 20.8 Å². The predicted octanol–water partition coefficient (Wildman–Crippen LogP) is -0.139. The molecule has 0 aliphatic carbocycles. The van der Waals surface area contributed by atoms with Gasteiger partial charge in [-0.05, 0) is 36.4 Å². The number of rotatable bonds is 6. The number of pyridine rings is 1. The lowest BCUT2D eigenvalue weighted by molar-refractivity contribution is -0.902. The molecule has 1 aliphatic rings. The molecular formula is C20H25N4O3+. The van der Waals surface area contributed by atoms with Gasteiger partial charge < -0.3 is 19.9 Å². The van der Waals surface area contributed by atoms with Crippen molar-refractivity contribution < 1.29 is 19.2 Å². The summed E-state index contributed by atoms with van der Waals surface area (Å²) in [6.07, 6.45) is 1.61. The number of hydrogen-bond donors (Lipinski definition) is 2. The van der Waals surface area contributed by atoms with E-state index in [0.717, 1.165) is 25.4 Å². The molecule has 0 spiro atoms. The highest BCUT2D eigenvalue weighted by atomic mass is 16.5. The first-order chi connectivity index (χ1) is 13.2. The van der Waals surface area contributed by atoms with Crippen LogP contribution in [0.4, 0.5) is 0 Å². The van der Waals surface area contributed by atoms with Crippen LogP contribution in [0.25, 0.3) is 0 Å². The fourth-order valence-corrected chi connectivity index (χ4v) is 3.13. The molecule has 2 N–H and O–H groups in total. The minimum Gasteiger partial charge on any atom is -0.497 e. The number of piperazine rings is 1. The average Bonchev–Trinajstić information content (AvgIpc) is 2.74. The maximum absolute atomic E-state index is 12.6. The van der Waals surface area contributed by atoms with Crippen LogP contribution in [0.5, 0.6) is 5.75 Å². The van der Waals surface area contributed by atoms with Gasteiger partial charge in [0.05, 0.1) is 46.4 Å². The second-order valence-electron chi connectivity index (χ2n) is 6.49. The molecule has 2 aromatic rings. The van der Waals surface area contributed by atoms with E-state index in [1.54, 1.807) is 55.8 Å². The van der Waals surface area contributed by atoms with Gasteiger partial charge in [0.25, 0.3) is 11.8 Å². The van der Waals surface area contributed by atoms with Crippen LogP contribution in [0.15, 0.2) is 48.7 Å². The van der Waals surface area contributed by atoms with E-state index < -0.39 is 0 Å². The van der Waals surface area contributed by atoms with Gasteiger partial charge in [-0.15, -0.1) is 0 Å². The lowest BCUT2D eigenvalue weighted by Gasteiger charge is -2.32. The monoisotopic (exact) mass is 369 g/mol. The van der Waals surface area contributed by atoms with E-state index in [9.17, 15) is 9.59 Å². The van der Waals surface area contributed by atoms with Crippen molar-refractivity contribution >= 4 is 11.8 Å². The maximum atomic E-state index is 12.6. The molecule has 7 heteroatoms. The Bertz CT molecular complexity index is 757. The lowest BCUT2D eigenvalue weighted by atomic mass is 10.1. The molecule has 0 bridgehead atoms. The van der Waals surface area contributed by atoms with Crippen LogP contribution < -0.4 is 15.0 Å². The number of ether oxygens (including phenoxy) is 1. The molecule has 0 radical (unpaired) electrons. The molecule has 1 fully saturated rings. The number of nitrogens with zero attached hydrogens (tertiary/aromatic N) is 2. The van der Waals surface area contributed by atoms with Gasteiger partial charge in [0.15, 0.2) is 0 Å². The van der Waals surface area contributed by atoms with E-state index in [2.05, 4.69) is 10.3 Å². The molecule has 7 nitrogen and oxygen atoms in total. The molecular weight excluding hydrogens is 344 g/mol. The summed E-state index contributed by atoms with van der Waals surface area (Å²) in [5.41, 5.74) is 1.12. The topological polar surface area (TPSA) is 76.0 Å². The highest BCUT2D eigenvalue weighted by Gasteiger charge is 2.24. The van der Waals surface area contributed by atoms with E-state index in [0.29, 0.717) is 30.9 Å². The number of quaternary nitrogens is 1. The zero-order chi connectivity index (χ0) is 19.1. The van der Waals surface area contributed by atoms with Gasteiger partial charge in [0.2, 0.25) is 0 Å². The summed E-state index contributed by atoms with van der Waals surface area (Å²) in [5, 5.41) is 2.90. The second-order valence-corrected chi connectivity index (χ2v) is 6.49. The Kier molecular flexibility index (Phi) is 6.38. The van der Waals surface area contributed by atoms with Gasteiger partial charge in [-0.1, -0.05) is 6.07 Å². The average molecular weight is 369 g/mol. The normalized spacial score (nSPS) is 14.6. The van der Waals surface area contributed by atoms with E-state index in [4.69, 9.17) is 4.74 Å². The van der Waals surface area contributed by atoms with Crippen LogP contribution in [0, 0.1) is 0 Å². The Balaban J connectivity index is 1.40. The van der Waals surface area contributed by atoms with Crippen LogP contribution in [-0.2, 0) is 0 Å². The third kappa shape index (κ3) is 5.04. The molecule has 0 unspecified atom stereocenters. The summed E-state index contributed by atoms with van der Waals surface area (Å²) >= 11 is 0. The Labute approximate surface area is 158 Å². The van der Waals surface area contributed by atoms with Crippen LogP contribution >= 0.6 is 0 Å². The number of carbonyl (C=O) groups excluding carboxylic acids is 2. The number of hydrogen-bond acceptors (Lipinski definition) is 4. The van der Waals surface area contributed by atoms with Crippen molar-refractivity contribution in [3.8, 4) is 5.75 Å². The molecule has 2 heterocycles. The number of aromatic nitrogens is 1. The second kappa shape index (κ2) is 9.14. The van der Waals surface area contributed by atoms with Gasteiger partial charge >= 0.3 is 0 Å². The van der Waals surface area contributed by atoms with Crippen molar-refractivity contribution in [2.24, 2.45) is 0 Å². The zero-order valence-electron chi connectivity index (χ0n) is 15.5. The highest BCUT2D eigenvalue weighted by molar-refractivity contribution is 5.94. The minimum atomic E-state index is -0.150. The van der Waals surface area contributed by atoms with E-state index in [-0.39, 0.29) is 11.8 Å². The molecule has 1 saturated heterocycles. The van der Waals surface area contributed by atoms with Crippen molar-refractivity contribution in [2.45, 2.75) is 0 Å². The summed E-state index contributed by atoms with van der Waals surface area (Å²) in [6, 6.07) is 12.5. The van der Waals surface area contributed by atoms with E-state index in [1.807, 2.05) is 4.90 Å². The van der Waals surface area contributed by atoms with Gasteiger partial charge in [-0.3, -0.25) is 14.6 Å². The van der Waals surface area contributed by atoms with Crippen molar-refractivity contribution in [3.05, 3.63) is 59.9 Å². The molecule has 1 aliphatic heterocycles. The number of amides is 2. The Hall–Kier alpha value is -2.93.